The van der Waals surface area contributed by atoms with Gasteiger partial charge in [0.25, 0.3) is 0 Å². The van der Waals surface area contributed by atoms with Crippen LogP contribution in [0.4, 0.5) is 4.79 Å². The third-order valence-electron chi connectivity index (χ3n) is 5.40. The van der Waals surface area contributed by atoms with Crippen molar-refractivity contribution in [1.82, 2.24) is 14.7 Å². The van der Waals surface area contributed by atoms with Crippen LogP contribution in [0.2, 0.25) is 0 Å². The average Bonchev–Trinajstić information content (AvgIpc) is 2.71. The van der Waals surface area contributed by atoms with Gasteiger partial charge in [0.05, 0.1) is 19.3 Å². The largest absolute Gasteiger partial charge is 0.444 e. The highest BCUT2D eigenvalue weighted by Crippen LogP contribution is 2.14. The van der Waals surface area contributed by atoms with Gasteiger partial charge < -0.3 is 25.0 Å². The maximum absolute atomic E-state index is 12.2. The van der Waals surface area contributed by atoms with Crippen LogP contribution in [0.1, 0.15) is 38.8 Å². The lowest BCUT2D eigenvalue weighted by Gasteiger charge is -2.36. The first-order chi connectivity index (χ1) is 14.7. The molecule has 2 heterocycles. The zero-order valence-electron chi connectivity index (χ0n) is 19.3. The molecule has 1 aromatic carbocycles. The minimum atomic E-state index is -0.483. The van der Waals surface area contributed by atoms with Gasteiger partial charge >= 0.3 is 6.09 Å². The van der Waals surface area contributed by atoms with Crippen molar-refractivity contribution in [3.63, 3.8) is 0 Å². The molecular weight excluding hydrogens is 394 g/mol. The molecule has 0 aromatic heterocycles. The number of hydrogen-bond acceptors (Lipinski definition) is 5. The number of ether oxygens (including phenoxy) is 2. The molecule has 0 aliphatic carbocycles. The molecule has 1 amide bonds. The summed E-state index contributed by atoms with van der Waals surface area (Å²) >= 11 is 0. The van der Waals surface area contributed by atoms with Crippen LogP contribution in [0, 0.1) is 0 Å². The van der Waals surface area contributed by atoms with Gasteiger partial charge in [-0.25, -0.2) is 9.79 Å². The van der Waals surface area contributed by atoms with E-state index in [4.69, 9.17) is 15.2 Å². The van der Waals surface area contributed by atoms with E-state index in [1.807, 2.05) is 25.7 Å². The predicted molar refractivity (Wildman–Crippen MR) is 122 cm³/mol. The molecule has 3 rings (SSSR count). The average molecular weight is 432 g/mol. The Morgan fingerprint density at radius 3 is 2.52 bits per heavy atom. The van der Waals surface area contributed by atoms with Gasteiger partial charge in [0.15, 0.2) is 5.96 Å². The minimum Gasteiger partial charge on any atom is -0.444 e. The third kappa shape index (κ3) is 7.40. The molecule has 0 radical (unpaired) electrons. The summed E-state index contributed by atoms with van der Waals surface area (Å²) in [6.07, 6.45) is 0.0197. The number of nitrogens with two attached hydrogens (primary N) is 1. The highest BCUT2D eigenvalue weighted by molar-refractivity contribution is 5.78. The molecule has 1 aromatic rings. The standard InChI is InChI=1S/C23H37N5O3/c1-18-16-26(12-13-30-18)17-20-7-5-6-19(14-20)15-25-21(24)27-8-10-28(11-9-27)22(29)31-23(2,3)4/h5-7,14,18H,8-13,15-17H2,1-4H3,(H2,24,25). The van der Waals surface area contributed by atoms with Crippen LogP contribution >= 0.6 is 0 Å². The first kappa shape index (κ1) is 23.3. The summed E-state index contributed by atoms with van der Waals surface area (Å²) in [5, 5.41) is 0. The van der Waals surface area contributed by atoms with Gasteiger partial charge in [-0.3, -0.25) is 4.90 Å². The van der Waals surface area contributed by atoms with Gasteiger partial charge in [0.1, 0.15) is 5.60 Å². The molecular formula is C23H37N5O3. The number of rotatable bonds is 4. The second kappa shape index (κ2) is 10.3. The van der Waals surface area contributed by atoms with Crippen LogP contribution in [0.25, 0.3) is 0 Å². The maximum atomic E-state index is 12.2. The Kier molecular flexibility index (Phi) is 7.78. The highest BCUT2D eigenvalue weighted by atomic mass is 16.6. The molecule has 1 atom stereocenters. The number of piperazine rings is 1. The van der Waals surface area contributed by atoms with E-state index in [0.29, 0.717) is 38.7 Å². The first-order valence-electron chi connectivity index (χ1n) is 11.1. The number of carbonyl (C=O) groups is 1. The Bertz CT molecular complexity index is 769. The number of nitrogens with zero attached hydrogens (tertiary/aromatic N) is 4. The van der Waals surface area contributed by atoms with Gasteiger partial charge in [0, 0.05) is 45.8 Å². The summed E-state index contributed by atoms with van der Waals surface area (Å²) in [6, 6.07) is 8.53. The molecule has 2 aliphatic rings. The fourth-order valence-electron chi connectivity index (χ4n) is 3.84. The molecule has 2 aliphatic heterocycles. The quantitative estimate of drug-likeness (QED) is 0.582. The lowest BCUT2D eigenvalue weighted by atomic mass is 10.1. The van der Waals surface area contributed by atoms with Crippen molar-refractivity contribution in [3.05, 3.63) is 35.4 Å². The number of aliphatic imine (C=N–C) groups is 1. The highest BCUT2D eigenvalue weighted by Gasteiger charge is 2.26. The lowest BCUT2D eigenvalue weighted by Crippen LogP contribution is -2.53. The van der Waals surface area contributed by atoms with E-state index in [1.54, 1.807) is 4.90 Å². The van der Waals surface area contributed by atoms with Crippen LogP contribution < -0.4 is 5.73 Å². The topological polar surface area (TPSA) is 83.6 Å². The second-order valence-electron chi connectivity index (χ2n) is 9.37. The van der Waals surface area contributed by atoms with Crippen LogP contribution in [-0.2, 0) is 22.6 Å². The molecule has 2 saturated heterocycles. The van der Waals surface area contributed by atoms with E-state index in [-0.39, 0.29) is 12.2 Å². The lowest BCUT2D eigenvalue weighted by molar-refractivity contribution is -0.0212. The van der Waals surface area contributed by atoms with Crippen molar-refractivity contribution in [3.8, 4) is 0 Å². The molecule has 0 bridgehead atoms. The fourth-order valence-corrected chi connectivity index (χ4v) is 3.84. The molecule has 31 heavy (non-hydrogen) atoms. The summed E-state index contributed by atoms with van der Waals surface area (Å²) in [7, 11) is 0. The Morgan fingerprint density at radius 2 is 1.84 bits per heavy atom. The molecule has 0 spiro atoms. The van der Waals surface area contributed by atoms with E-state index in [2.05, 4.69) is 41.1 Å². The number of carbonyl (C=O) groups excluding carboxylic acids is 1. The van der Waals surface area contributed by atoms with Gasteiger partial charge in [-0.15, -0.1) is 0 Å². The Hall–Kier alpha value is -2.32. The van der Waals surface area contributed by atoms with Crippen molar-refractivity contribution in [2.24, 2.45) is 10.7 Å². The van der Waals surface area contributed by atoms with Crippen molar-refractivity contribution < 1.29 is 14.3 Å². The second-order valence-corrected chi connectivity index (χ2v) is 9.37. The summed E-state index contributed by atoms with van der Waals surface area (Å²) in [5.41, 5.74) is 8.19. The van der Waals surface area contributed by atoms with E-state index in [1.165, 1.54) is 5.56 Å². The molecule has 2 fully saturated rings. The van der Waals surface area contributed by atoms with Gasteiger partial charge in [-0.2, -0.15) is 0 Å². The van der Waals surface area contributed by atoms with Gasteiger partial charge in [-0.05, 0) is 38.8 Å². The molecule has 8 nitrogen and oxygen atoms in total. The minimum absolute atomic E-state index is 0.269. The number of benzene rings is 1. The number of hydrogen-bond donors (Lipinski definition) is 1. The predicted octanol–water partition coefficient (Wildman–Crippen LogP) is 2.27. The van der Waals surface area contributed by atoms with Crippen molar-refractivity contribution in [2.75, 3.05) is 45.9 Å². The molecule has 172 valence electrons. The normalized spacial score (nSPS) is 21.3. The Balaban J connectivity index is 1.49. The molecule has 1 unspecified atom stereocenters. The fraction of sp³-hybridized carbons (Fsp3) is 0.652. The van der Waals surface area contributed by atoms with E-state index in [9.17, 15) is 4.79 Å². The summed E-state index contributed by atoms with van der Waals surface area (Å²) < 4.78 is 11.1. The summed E-state index contributed by atoms with van der Waals surface area (Å²) in [4.78, 5) is 23.0. The van der Waals surface area contributed by atoms with Crippen molar-refractivity contribution in [1.29, 1.82) is 0 Å². The SMILES string of the molecule is CC1CN(Cc2cccc(CN=C(N)N3CCN(C(=O)OC(C)(C)C)CC3)c2)CCO1. The summed E-state index contributed by atoms with van der Waals surface area (Å²) in [6.45, 7) is 14.4. The third-order valence-corrected chi connectivity index (χ3v) is 5.40. The van der Waals surface area contributed by atoms with Crippen LogP contribution in [0.5, 0.6) is 0 Å². The molecule has 0 saturated carbocycles. The van der Waals surface area contributed by atoms with Crippen LogP contribution in [-0.4, -0.2) is 84.3 Å². The summed E-state index contributed by atoms with van der Waals surface area (Å²) in [5.74, 6) is 0.524. The van der Waals surface area contributed by atoms with E-state index < -0.39 is 5.60 Å². The number of amides is 1. The van der Waals surface area contributed by atoms with Crippen molar-refractivity contribution in [2.45, 2.75) is 52.5 Å². The van der Waals surface area contributed by atoms with E-state index >= 15 is 0 Å². The van der Waals surface area contributed by atoms with Crippen molar-refractivity contribution >= 4 is 12.1 Å². The molecule has 2 N–H and O–H groups in total. The Labute approximate surface area is 186 Å². The maximum Gasteiger partial charge on any atom is 0.410 e. The zero-order chi connectivity index (χ0) is 22.4. The van der Waals surface area contributed by atoms with Crippen LogP contribution in [0.15, 0.2) is 29.3 Å². The Morgan fingerprint density at radius 1 is 1.16 bits per heavy atom. The first-order valence-corrected chi connectivity index (χ1v) is 11.1. The van der Waals surface area contributed by atoms with Gasteiger partial charge in [-0.1, -0.05) is 24.3 Å². The van der Waals surface area contributed by atoms with Gasteiger partial charge in [0.2, 0.25) is 0 Å². The smallest absolute Gasteiger partial charge is 0.410 e. The monoisotopic (exact) mass is 431 g/mol. The van der Waals surface area contributed by atoms with E-state index in [0.717, 1.165) is 31.8 Å². The number of guanidine groups is 1. The number of morpholine rings is 1. The van der Waals surface area contributed by atoms with Crippen LogP contribution in [0.3, 0.4) is 0 Å². The zero-order valence-corrected chi connectivity index (χ0v) is 19.3. The molecule has 8 heteroatoms.